The number of nitro benzene ring substituents is 1. The van der Waals surface area contributed by atoms with Gasteiger partial charge >= 0.3 is 0 Å². The van der Waals surface area contributed by atoms with Gasteiger partial charge in [-0.15, -0.1) is 0 Å². The summed E-state index contributed by atoms with van der Waals surface area (Å²) in [6.07, 6.45) is 5.41. The topological polar surface area (TPSA) is 83.8 Å². The summed E-state index contributed by atoms with van der Waals surface area (Å²) >= 11 is 0. The molecule has 122 valence electrons. The van der Waals surface area contributed by atoms with Crippen molar-refractivity contribution in [3.63, 3.8) is 0 Å². The quantitative estimate of drug-likeness (QED) is 0.412. The summed E-state index contributed by atoms with van der Waals surface area (Å²) in [5.74, 6) is 0. The van der Waals surface area contributed by atoms with E-state index in [4.69, 9.17) is 0 Å². The highest BCUT2D eigenvalue weighted by Gasteiger charge is 2.08. The van der Waals surface area contributed by atoms with Gasteiger partial charge in [-0.25, -0.2) is 0 Å². The highest BCUT2D eigenvalue weighted by Crippen LogP contribution is 2.30. The van der Waals surface area contributed by atoms with Crippen LogP contribution in [0.3, 0.4) is 0 Å². The van der Waals surface area contributed by atoms with Crippen LogP contribution in [0.2, 0.25) is 0 Å². The van der Waals surface area contributed by atoms with Crippen LogP contribution in [0.1, 0.15) is 0 Å². The Morgan fingerprint density at radius 3 is 2.76 bits per heavy atom. The third-order valence-electron chi connectivity index (χ3n) is 3.99. The highest BCUT2D eigenvalue weighted by atomic mass is 16.6. The fraction of sp³-hybridized carbons (Fsp3) is 0. The fourth-order valence-electron chi connectivity index (χ4n) is 2.86. The Kier molecular flexibility index (Phi) is 3.63. The van der Waals surface area contributed by atoms with Crippen LogP contribution in [0.5, 0.6) is 0 Å². The molecule has 0 aliphatic rings. The third-order valence-corrected chi connectivity index (χ3v) is 3.99. The minimum absolute atomic E-state index is 0.0474. The maximum Gasteiger partial charge on any atom is 0.271 e. The van der Waals surface area contributed by atoms with E-state index in [1.165, 1.54) is 12.1 Å². The molecule has 0 saturated heterocycles. The number of rotatable bonds is 4. The first-order valence-corrected chi connectivity index (χ1v) is 7.74. The van der Waals surface area contributed by atoms with Crippen molar-refractivity contribution in [1.29, 1.82) is 0 Å². The van der Waals surface area contributed by atoms with E-state index in [0.717, 1.165) is 27.7 Å². The first-order chi connectivity index (χ1) is 12.2. The van der Waals surface area contributed by atoms with Crippen LogP contribution in [0.4, 0.5) is 17.1 Å². The van der Waals surface area contributed by atoms with Gasteiger partial charge in [-0.1, -0.05) is 18.2 Å². The van der Waals surface area contributed by atoms with E-state index >= 15 is 0 Å². The molecule has 0 bridgehead atoms. The van der Waals surface area contributed by atoms with Crippen molar-refractivity contribution in [2.24, 2.45) is 0 Å². The van der Waals surface area contributed by atoms with Crippen LogP contribution in [-0.4, -0.2) is 14.9 Å². The lowest BCUT2D eigenvalue weighted by Crippen LogP contribution is -1.94. The van der Waals surface area contributed by atoms with Gasteiger partial charge in [0.05, 0.1) is 16.8 Å². The molecule has 6 heteroatoms. The van der Waals surface area contributed by atoms with Crippen LogP contribution >= 0.6 is 0 Å². The second-order valence-electron chi connectivity index (χ2n) is 5.64. The molecule has 0 atom stereocenters. The number of H-pyrrole nitrogens is 1. The number of anilines is 2. The minimum atomic E-state index is -0.410. The van der Waals surface area contributed by atoms with Crippen LogP contribution < -0.4 is 5.32 Å². The van der Waals surface area contributed by atoms with E-state index in [-0.39, 0.29) is 5.69 Å². The van der Waals surface area contributed by atoms with Gasteiger partial charge in [-0.2, -0.15) is 0 Å². The SMILES string of the molecule is O=[N+]([O-])c1cccc(Nc2cncc(-c3cccc4[nH]ccc34)c2)c1. The number of benzene rings is 2. The molecule has 0 aliphatic carbocycles. The van der Waals surface area contributed by atoms with Crippen molar-refractivity contribution in [3.8, 4) is 11.1 Å². The minimum Gasteiger partial charge on any atom is -0.361 e. The van der Waals surface area contributed by atoms with Gasteiger partial charge in [0, 0.05) is 46.7 Å². The number of hydrogen-bond donors (Lipinski definition) is 2. The number of fused-ring (bicyclic) bond motifs is 1. The van der Waals surface area contributed by atoms with Crippen LogP contribution in [-0.2, 0) is 0 Å². The summed E-state index contributed by atoms with van der Waals surface area (Å²) in [6, 6.07) is 16.5. The average molecular weight is 330 g/mol. The van der Waals surface area contributed by atoms with Crippen molar-refractivity contribution in [3.05, 3.63) is 83.3 Å². The van der Waals surface area contributed by atoms with Crippen LogP contribution in [0.25, 0.3) is 22.0 Å². The number of nitro groups is 1. The van der Waals surface area contributed by atoms with Gasteiger partial charge in [0.15, 0.2) is 0 Å². The number of aromatic amines is 1. The molecular weight excluding hydrogens is 316 g/mol. The molecule has 0 fully saturated rings. The second-order valence-corrected chi connectivity index (χ2v) is 5.64. The summed E-state index contributed by atoms with van der Waals surface area (Å²) in [5.41, 5.74) is 4.58. The Morgan fingerprint density at radius 1 is 1.00 bits per heavy atom. The fourth-order valence-corrected chi connectivity index (χ4v) is 2.86. The number of non-ortho nitro benzene ring substituents is 1. The van der Waals surface area contributed by atoms with Crippen molar-refractivity contribution < 1.29 is 4.92 Å². The first kappa shape index (κ1) is 14.9. The summed E-state index contributed by atoms with van der Waals surface area (Å²) < 4.78 is 0. The van der Waals surface area contributed by atoms with Gasteiger partial charge in [0.2, 0.25) is 0 Å². The first-order valence-electron chi connectivity index (χ1n) is 7.74. The van der Waals surface area contributed by atoms with Gasteiger partial charge in [-0.05, 0) is 29.8 Å². The van der Waals surface area contributed by atoms with E-state index in [2.05, 4.69) is 15.3 Å². The molecule has 6 nitrogen and oxygen atoms in total. The van der Waals surface area contributed by atoms with Gasteiger partial charge in [0.1, 0.15) is 0 Å². The summed E-state index contributed by atoms with van der Waals surface area (Å²) in [7, 11) is 0. The molecule has 0 aliphatic heterocycles. The number of nitrogens with zero attached hydrogens (tertiary/aromatic N) is 2. The standard InChI is InChI=1S/C19H14N4O2/c24-23(25)16-4-1-3-14(10-16)22-15-9-13(11-20-12-15)17-5-2-6-19-18(17)7-8-21-19/h1-12,21-22H. The number of nitrogens with one attached hydrogen (secondary N) is 2. The number of pyridine rings is 1. The molecular formula is C19H14N4O2. The van der Waals surface area contributed by atoms with Gasteiger partial charge in [0.25, 0.3) is 5.69 Å². The van der Waals surface area contributed by atoms with E-state index in [1.807, 2.05) is 36.5 Å². The van der Waals surface area contributed by atoms with Gasteiger partial charge in [-0.3, -0.25) is 15.1 Å². The lowest BCUT2D eigenvalue weighted by molar-refractivity contribution is -0.384. The summed E-state index contributed by atoms with van der Waals surface area (Å²) in [6.45, 7) is 0. The van der Waals surface area contributed by atoms with Crippen LogP contribution in [0.15, 0.2) is 73.2 Å². The molecule has 0 spiro atoms. The smallest absolute Gasteiger partial charge is 0.271 e. The summed E-state index contributed by atoms with van der Waals surface area (Å²) in [5, 5.41) is 15.2. The lowest BCUT2D eigenvalue weighted by Gasteiger charge is -2.09. The van der Waals surface area contributed by atoms with Crippen molar-refractivity contribution >= 4 is 28.0 Å². The molecule has 4 aromatic rings. The monoisotopic (exact) mass is 330 g/mol. The zero-order chi connectivity index (χ0) is 17.2. The Labute approximate surface area is 143 Å². The van der Waals surface area contributed by atoms with E-state index in [0.29, 0.717) is 5.69 Å². The van der Waals surface area contributed by atoms with Crippen molar-refractivity contribution in [1.82, 2.24) is 9.97 Å². The molecule has 0 amide bonds. The Morgan fingerprint density at radius 2 is 1.88 bits per heavy atom. The second kappa shape index (κ2) is 6.09. The largest absolute Gasteiger partial charge is 0.361 e. The molecule has 0 unspecified atom stereocenters. The van der Waals surface area contributed by atoms with Gasteiger partial charge < -0.3 is 10.3 Å². The molecule has 2 aromatic carbocycles. The highest BCUT2D eigenvalue weighted by molar-refractivity contribution is 5.95. The Bertz CT molecular complexity index is 1070. The van der Waals surface area contributed by atoms with E-state index < -0.39 is 4.92 Å². The maximum absolute atomic E-state index is 10.9. The molecule has 0 saturated carbocycles. The maximum atomic E-state index is 10.9. The molecule has 2 heterocycles. The third kappa shape index (κ3) is 2.92. The summed E-state index contributed by atoms with van der Waals surface area (Å²) in [4.78, 5) is 18.0. The number of aromatic nitrogens is 2. The average Bonchev–Trinajstić information content (AvgIpc) is 3.11. The molecule has 0 radical (unpaired) electrons. The molecule has 2 N–H and O–H groups in total. The Balaban J connectivity index is 1.69. The lowest BCUT2D eigenvalue weighted by atomic mass is 10.0. The Hall–Kier alpha value is -3.67. The predicted octanol–water partition coefficient (Wildman–Crippen LogP) is 4.88. The zero-order valence-electron chi connectivity index (χ0n) is 13.1. The molecule has 25 heavy (non-hydrogen) atoms. The molecule has 2 aromatic heterocycles. The molecule has 4 rings (SSSR count). The van der Waals surface area contributed by atoms with E-state index in [1.54, 1.807) is 24.5 Å². The van der Waals surface area contributed by atoms with Crippen LogP contribution in [0, 0.1) is 10.1 Å². The predicted molar refractivity (Wildman–Crippen MR) is 97.9 cm³/mol. The zero-order valence-corrected chi connectivity index (χ0v) is 13.1. The van der Waals surface area contributed by atoms with Crippen molar-refractivity contribution in [2.45, 2.75) is 0 Å². The van der Waals surface area contributed by atoms with E-state index in [9.17, 15) is 10.1 Å². The normalized spacial score (nSPS) is 10.7. The number of hydrogen-bond acceptors (Lipinski definition) is 4. The van der Waals surface area contributed by atoms with Crippen molar-refractivity contribution in [2.75, 3.05) is 5.32 Å².